The average molecular weight is 2030 g/mol. The number of piperidine rings is 1. The van der Waals surface area contributed by atoms with E-state index in [2.05, 4.69) is 62.8 Å². The largest absolute Gasteiger partial charge is 0.481 e. The van der Waals surface area contributed by atoms with Gasteiger partial charge in [0.25, 0.3) is 5.91 Å². The number of amides is 16. The number of aromatic amines is 2. The van der Waals surface area contributed by atoms with E-state index in [9.17, 15) is 61.7 Å². The summed E-state index contributed by atoms with van der Waals surface area (Å²) in [5.41, 5.74) is 14.6. The van der Waals surface area contributed by atoms with E-state index in [0.717, 1.165) is 54.6 Å². The van der Waals surface area contributed by atoms with Crippen LogP contribution in [0.4, 0.5) is 4.39 Å². The molecule has 3 aromatic carbocycles. The minimum atomic E-state index is -4.09. The second-order valence-electron chi connectivity index (χ2n) is 37.8. The molecule has 19 N–H and O–H groups in total. The third-order valence-electron chi connectivity index (χ3n) is 26.0. The number of H-pyrrole nitrogens is 2. The number of aliphatic hydroxyl groups is 1. The SMILES string of the molecule is CCCC[C@H]1C(=O)N(C)[C@@H](CCCC)C(=O)N[C@@H](CC(C)C)C(=O)N[C@H](C(N)=O)C(C)(C)SCC(=O)N[C@@H](Cc2ccc(F)cc2)C(=O)N2CCCC[C@H]2C(=O)N[C@@H](CC(=O)O)C(=O)N2CCC[C@H]2C(=O)N[C@@H](Cc2cnc[nH]2)C(=O)N[C@@H](CCC(=O)O)C(=O)N2C[C@H](O)C[C@H]2C(=O)N[C@@H](Cc2c[nH]c3ccccc23)C(=O)N[C@@H](CCN)C(=O)N[C@@H](Cc2cn(CC(=O)NS(C)(=O)=O)c3ccccc23)C(=O)N1C. The van der Waals surface area contributed by atoms with Crippen molar-refractivity contribution in [3.05, 3.63) is 126 Å². The smallest absolute Gasteiger partial charge is 0.305 e. The molecule has 0 aliphatic carbocycles. The number of aromatic nitrogens is 4. The molecule has 0 unspecified atom stereocenters. The molecule has 47 heteroatoms. The molecule has 0 saturated carbocycles. The van der Waals surface area contributed by atoms with Crippen molar-refractivity contribution in [2.75, 3.05) is 52.3 Å². The second kappa shape index (κ2) is 51.0. The van der Waals surface area contributed by atoms with Crippen LogP contribution in [-0.2, 0) is 129 Å². The van der Waals surface area contributed by atoms with Gasteiger partial charge in [0.05, 0.1) is 30.9 Å². The lowest BCUT2D eigenvalue weighted by molar-refractivity contribution is -0.149. The van der Waals surface area contributed by atoms with Crippen LogP contribution in [0.25, 0.3) is 21.8 Å². The summed E-state index contributed by atoms with van der Waals surface area (Å²) in [6.07, 6.45) is 1.81. The zero-order chi connectivity index (χ0) is 105. The first kappa shape index (κ1) is 112. The van der Waals surface area contributed by atoms with Gasteiger partial charge in [0.15, 0.2) is 0 Å². The van der Waals surface area contributed by atoms with Crippen molar-refractivity contribution in [3.8, 4) is 0 Å². The number of sulfonamides is 1. The fourth-order valence-corrected chi connectivity index (χ4v) is 20.0. The number of aliphatic carboxylic acids is 2. The number of nitrogens with one attached hydrogen (secondary N) is 12. The highest BCUT2D eigenvalue weighted by atomic mass is 32.2. The average Bonchev–Trinajstić information content (AvgIpc) is 1.77. The molecular formula is C96H132FN21O23S2. The minimum Gasteiger partial charge on any atom is -0.481 e. The standard InChI is InChI=1S/C96H132FN21O23S2/c1-10-12-24-72-87(131)106-65(39-53(3)4)86(130)111-81(82(99)126)96(5,6)142-51-78(121)103-68(40-54-29-31-57(97)32-30-54)93(137)116-37-19-18-27-73(116)89(133)110-70(45-80(124)125)94(138)117-38-20-28-74(117)88(132)108-67(43-58-47-100-52-102-58)85(129)105-64(33-34-79(122)123)92(136)118-49-59(119)44-76(118)90(134)107-66(41-55-46-101-62-23-16-14-21-60(55)62)84(128)104-63(35-36-98)83(127)109-69(91(135)114(8)75(25-13-11-2)95(139)113(72)7)42-56-48-115(50-77(120)112-143(9,140)141)71-26-17-15-22-61(56)71/h14-17,21-23,26,29-32,46-48,52-53,59,63-70,72-76,81,101,119H,10-13,18-20,24-25,27-28,33-45,49-51,98H2,1-9H3,(H2,99,126)(H,100,102)(H,103,121)(H,104,128)(H,105,129)(H,106,131)(H,107,134)(H,108,132)(H,109,127)(H,110,133)(H,111,130)(H,112,120)(H,122,123)(H,124,125)/t59-,63+,64+,65+,66+,67+,68+,69+,70+,72+,73+,74+,75+,76+,81-/m1/s1. The number of rotatable bonds is 27. The van der Waals surface area contributed by atoms with Gasteiger partial charge in [0, 0.05) is 123 Å². The van der Waals surface area contributed by atoms with Gasteiger partial charge in [0.2, 0.25) is 98.6 Å². The van der Waals surface area contributed by atoms with Crippen LogP contribution in [0.2, 0.25) is 0 Å². The molecule has 44 nitrogen and oxygen atoms in total. The van der Waals surface area contributed by atoms with Crippen molar-refractivity contribution in [2.45, 2.75) is 278 Å². The number of primary amides is 1. The number of nitrogens with zero attached hydrogens (tertiary/aromatic N) is 7. The van der Waals surface area contributed by atoms with E-state index in [1.165, 1.54) is 63.4 Å². The minimum absolute atomic E-state index is 0.0157. The monoisotopic (exact) mass is 2030 g/mol. The Morgan fingerprint density at radius 2 is 1.12 bits per heavy atom. The molecule has 0 radical (unpaired) electrons. The maximum absolute atomic E-state index is 16.1. The van der Waals surface area contributed by atoms with Crippen LogP contribution < -0.4 is 64.0 Å². The number of halogens is 1. The Hall–Kier alpha value is -13.4. The number of imidazole rings is 1. The second-order valence-corrected chi connectivity index (χ2v) is 41.2. The predicted molar refractivity (Wildman–Crippen MR) is 521 cm³/mol. The van der Waals surface area contributed by atoms with Crippen LogP contribution in [0.1, 0.15) is 173 Å². The first-order chi connectivity index (χ1) is 67.8. The van der Waals surface area contributed by atoms with Crippen LogP contribution in [0.3, 0.4) is 0 Å². The van der Waals surface area contributed by atoms with Crippen LogP contribution in [0.15, 0.2) is 97.7 Å². The Balaban J connectivity index is 1.05. The zero-order valence-electron chi connectivity index (χ0n) is 81.6. The molecule has 16 amide bonds. The van der Waals surface area contributed by atoms with Crippen molar-refractivity contribution in [1.29, 1.82) is 0 Å². The van der Waals surface area contributed by atoms with Crippen LogP contribution in [-0.4, -0.2) is 322 Å². The molecule has 4 fully saturated rings. The number of carbonyl (C=O) groups is 18. The fourth-order valence-electron chi connectivity index (χ4n) is 18.6. The maximum atomic E-state index is 16.1. The number of para-hydroxylation sites is 2. The number of hydrogen-bond donors (Lipinski definition) is 17. The van der Waals surface area contributed by atoms with E-state index in [4.69, 9.17) is 11.5 Å². The molecular weight excluding hydrogens is 1900 g/mol. The third-order valence-corrected chi connectivity index (χ3v) is 28.0. The summed E-state index contributed by atoms with van der Waals surface area (Å²) < 4.78 is 41.1. The van der Waals surface area contributed by atoms with E-state index in [-0.39, 0.29) is 101 Å². The highest BCUT2D eigenvalue weighted by Gasteiger charge is 2.48. The Morgan fingerprint density at radius 1 is 0.573 bits per heavy atom. The van der Waals surface area contributed by atoms with Gasteiger partial charge in [-0.25, -0.2) is 17.8 Å². The number of nitrogens with two attached hydrogens (primary N) is 2. The number of unbranched alkanes of at least 4 members (excludes halogenated alkanes) is 2. The highest BCUT2D eigenvalue weighted by Crippen LogP contribution is 2.32. The Bertz CT molecular complexity index is 5740. The predicted octanol–water partition coefficient (Wildman–Crippen LogP) is -0.192. The van der Waals surface area contributed by atoms with Gasteiger partial charge in [-0.1, -0.05) is 102 Å². The number of fused-ring (bicyclic) bond motifs is 5. The number of likely N-dealkylation sites (N-methyl/N-ethyl adjacent to an activating group) is 2. The van der Waals surface area contributed by atoms with Crippen LogP contribution in [0.5, 0.6) is 0 Å². The lowest BCUT2D eigenvalue weighted by Gasteiger charge is -2.38. The Morgan fingerprint density at radius 3 is 1.74 bits per heavy atom. The van der Waals surface area contributed by atoms with Crippen LogP contribution >= 0.6 is 11.8 Å². The van der Waals surface area contributed by atoms with Gasteiger partial charge < -0.3 is 114 Å². The number of carboxylic acid groups (broad SMARTS) is 2. The third kappa shape index (κ3) is 30.3. The summed E-state index contributed by atoms with van der Waals surface area (Å²) in [5, 5.41) is 57.2. The molecule has 4 aliphatic heterocycles. The van der Waals surface area contributed by atoms with E-state index < -0.39 is 275 Å². The lowest BCUT2D eigenvalue weighted by atomic mass is 9.97. The molecule has 15 atom stereocenters. The Kier molecular flexibility index (Phi) is 39.8. The first-order valence-corrected chi connectivity index (χ1v) is 50.9. The topological polar surface area (TPSA) is 640 Å². The van der Waals surface area contributed by atoms with Gasteiger partial charge in [0.1, 0.15) is 96.9 Å². The summed E-state index contributed by atoms with van der Waals surface area (Å²) in [6, 6.07) is -4.44. The Labute approximate surface area is 830 Å². The van der Waals surface area contributed by atoms with E-state index >= 15 is 52.7 Å². The molecule has 6 aromatic rings. The normalized spacial score (nSPS) is 25.0. The summed E-state index contributed by atoms with van der Waals surface area (Å²) in [5.74, 6) is -20.3. The number of carbonyl (C=O) groups excluding carboxylic acids is 16. The molecule has 4 aliphatic rings. The lowest BCUT2D eigenvalue weighted by Crippen LogP contribution is -2.62. The van der Waals surface area contributed by atoms with Crippen LogP contribution in [0, 0.1) is 11.7 Å². The molecule has 3 aromatic heterocycles. The summed E-state index contributed by atoms with van der Waals surface area (Å²) >= 11 is 0.824. The molecule has 0 bridgehead atoms. The van der Waals surface area contributed by atoms with E-state index in [0.29, 0.717) is 65.0 Å². The fraction of sp³-hybridized carbons (Fsp3) is 0.552. The van der Waals surface area contributed by atoms with Crippen molar-refractivity contribution < 1.29 is 114 Å². The summed E-state index contributed by atoms with van der Waals surface area (Å²) in [7, 11) is -1.43. The number of thioether (sulfide) groups is 1. The number of aliphatic hydroxyl groups excluding tert-OH is 1. The molecule has 4 saturated heterocycles. The van der Waals surface area contributed by atoms with Gasteiger partial charge in [-0.3, -0.25) is 91.0 Å². The van der Waals surface area contributed by atoms with E-state index in [1.807, 2.05) is 18.6 Å². The van der Waals surface area contributed by atoms with Crippen molar-refractivity contribution in [2.24, 2.45) is 17.4 Å². The summed E-state index contributed by atoms with van der Waals surface area (Å²) in [6.45, 7) is 8.30. The van der Waals surface area contributed by atoms with Gasteiger partial charge in [-0.2, -0.15) is 0 Å². The molecule has 0 spiro atoms. The summed E-state index contributed by atoms with van der Waals surface area (Å²) in [4.78, 5) is 282. The molecule has 778 valence electrons. The van der Waals surface area contributed by atoms with Gasteiger partial charge in [-0.15, -0.1) is 11.8 Å². The van der Waals surface area contributed by atoms with Crippen molar-refractivity contribution >= 4 is 150 Å². The highest BCUT2D eigenvalue weighted by molar-refractivity contribution is 8.01. The van der Waals surface area contributed by atoms with Crippen molar-refractivity contribution in [1.82, 2.24) is 96.6 Å². The van der Waals surface area contributed by atoms with Gasteiger partial charge >= 0.3 is 11.9 Å². The molecule has 7 heterocycles. The maximum Gasteiger partial charge on any atom is 0.305 e. The number of hydrogen-bond acceptors (Lipinski definition) is 24. The quantitative estimate of drug-likeness (QED) is 0.0318. The number of benzene rings is 3. The first-order valence-electron chi connectivity index (χ1n) is 48.0. The van der Waals surface area contributed by atoms with Crippen molar-refractivity contribution in [3.63, 3.8) is 0 Å². The molecule has 143 heavy (non-hydrogen) atoms. The van der Waals surface area contributed by atoms with E-state index in [1.54, 1.807) is 68.6 Å². The number of carboxylic acids is 2. The van der Waals surface area contributed by atoms with Gasteiger partial charge in [-0.05, 0) is 131 Å². The molecule has 10 rings (SSSR count). The zero-order valence-corrected chi connectivity index (χ0v) is 83.2.